The van der Waals surface area contributed by atoms with Crippen LogP contribution in [-0.2, 0) is 15.1 Å². The van der Waals surface area contributed by atoms with Gasteiger partial charge in [0.1, 0.15) is 17.9 Å². The zero-order valence-corrected chi connectivity index (χ0v) is 17.9. The molecule has 0 aliphatic heterocycles. The topological polar surface area (TPSA) is 70.0 Å². The summed E-state index contributed by atoms with van der Waals surface area (Å²) in [6.07, 6.45) is -12.0. The summed E-state index contributed by atoms with van der Waals surface area (Å²) in [6, 6.07) is 3.27. The first-order valence-corrected chi connectivity index (χ1v) is 10.3. The summed E-state index contributed by atoms with van der Waals surface area (Å²) in [5.74, 6) is -0.503. The van der Waals surface area contributed by atoms with E-state index < -0.39 is 47.3 Å². The highest BCUT2D eigenvalue weighted by atomic mass is 32.1. The van der Waals surface area contributed by atoms with Crippen molar-refractivity contribution < 1.29 is 59.2 Å². The van der Waals surface area contributed by atoms with E-state index in [1.54, 1.807) is 0 Å². The second kappa shape index (κ2) is 9.79. The van der Waals surface area contributed by atoms with Crippen LogP contribution < -0.4 is 9.47 Å². The smallest absolute Gasteiger partial charge is 0.433 e. The van der Waals surface area contributed by atoms with Crippen LogP contribution in [-0.4, -0.2) is 49.1 Å². The number of halogens is 8. The number of alkyl halides is 8. The van der Waals surface area contributed by atoms with Crippen LogP contribution in [0.1, 0.15) is 34.4 Å². The number of benzene rings is 1. The summed E-state index contributed by atoms with van der Waals surface area (Å²) in [6.45, 7) is -4.52. The van der Waals surface area contributed by atoms with E-state index in [0.29, 0.717) is 19.0 Å². The summed E-state index contributed by atoms with van der Waals surface area (Å²) in [7, 11) is 0.844. The first-order valence-electron chi connectivity index (χ1n) is 9.46. The first kappa shape index (κ1) is 26.4. The molecule has 6 nitrogen and oxygen atoms in total. The van der Waals surface area contributed by atoms with Gasteiger partial charge in [0.15, 0.2) is 11.5 Å². The average Bonchev–Trinajstić information content (AvgIpc) is 3.40. The van der Waals surface area contributed by atoms with Crippen molar-refractivity contribution >= 4 is 11.3 Å². The Balaban J connectivity index is 1.98. The second-order valence-corrected chi connectivity index (χ2v) is 8.16. The number of aromatic nitrogens is 1. The highest BCUT2D eigenvalue weighted by Gasteiger charge is 2.75. The van der Waals surface area contributed by atoms with Crippen molar-refractivity contribution in [2.24, 2.45) is 0 Å². The van der Waals surface area contributed by atoms with E-state index in [0.717, 1.165) is 25.3 Å². The standard InChI is InChI=1S/C19H17F8NO5S/c1-30-8-31-17(18(22,23)24,19(25,26)27)15-28-7-13(34-15)14(29)9-2-5-11(33-16(20)21)12(6-9)32-10-3-4-10/h2,5-7,10,14,16,29H,3-4,8H2,1H3/t14-/m0/s1. The van der Waals surface area contributed by atoms with Crippen LogP contribution in [0.25, 0.3) is 0 Å². The van der Waals surface area contributed by atoms with Crippen LogP contribution in [0.2, 0.25) is 0 Å². The molecule has 1 aliphatic rings. The predicted molar refractivity (Wildman–Crippen MR) is 99.6 cm³/mol. The van der Waals surface area contributed by atoms with Gasteiger partial charge in [-0.3, -0.25) is 0 Å². The molecule has 0 bridgehead atoms. The molecule has 0 radical (unpaired) electrons. The molecule has 1 atom stereocenters. The molecule has 1 aromatic carbocycles. The number of methoxy groups -OCH3 is 1. The Hall–Kier alpha value is -2.23. The Labute approximate surface area is 191 Å². The minimum Gasteiger partial charge on any atom is -0.487 e. The molecule has 1 N–H and O–H groups in total. The van der Waals surface area contributed by atoms with Crippen molar-refractivity contribution in [1.29, 1.82) is 0 Å². The van der Waals surface area contributed by atoms with E-state index in [9.17, 15) is 40.2 Å². The molecular formula is C19H17F8NO5S. The van der Waals surface area contributed by atoms with Gasteiger partial charge in [-0.05, 0) is 30.5 Å². The maximum Gasteiger partial charge on any atom is 0.433 e. The van der Waals surface area contributed by atoms with E-state index in [-0.39, 0.29) is 34.5 Å². The molecule has 2 aromatic rings. The lowest BCUT2D eigenvalue weighted by atomic mass is 10.0. The fourth-order valence-electron chi connectivity index (χ4n) is 2.86. The Bertz CT molecular complexity index is 962. The number of thiazole rings is 1. The maximum atomic E-state index is 13.7. The Morgan fingerprint density at radius 2 is 1.74 bits per heavy atom. The minimum absolute atomic E-state index is 0.0603. The SMILES string of the molecule is COCOC(c1ncc([C@@H](O)c2ccc(OC(F)F)c(OC3CC3)c2)s1)(C(F)(F)F)C(F)(F)F. The molecule has 190 valence electrons. The number of hydrogen-bond donors (Lipinski definition) is 1. The molecule has 0 amide bonds. The molecule has 0 saturated heterocycles. The highest BCUT2D eigenvalue weighted by molar-refractivity contribution is 7.11. The first-order chi connectivity index (χ1) is 15.8. The lowest BCUT2D eigenvalue weighted by Gasteiger charge is -2.34. The predicted octanol–water partition coefficient (Wildman–Crippen LogP) is 5.31. The van der Waals surface area contributed by atoms with Crippen LogP contribution >= 0.6 is 11.3 Å². The van der Waals surface area contributed by atoms with Crippen LogP contribution in [0.15, 0.2) is 24.4 Å². The van der Waals surface area contributed by atoms with Gasteiger partial charge in [0, 0.05) is 13.3 Å². The highest BCUT2D eigenvalue weighted by Crippen LogP contribution is 2.54. The van der Waals surface area contributed by atoms with Gasteiger partial charge in [-0.2, -0.15) is 35.1 Å². The molecule has 1 aliphatic carbocycles. The number of hydrogen-bond acceptors (Lipinski definition) is 7. The molecule has 0 unspecified atom stereocenters. The monoisotopic (exact) mass is 523 g/mol. The van der Waals surface area contributed by atoms with Crippen LogP contribution in [0.4, 0.5) is 35.1 Å². The normalized spacial score (nSPS) is 16.1. The third kappa shape index (κ3) is 5.37. The molecule has 15 heteroatoms. The van der Waals surface area contributed by atoms with Gasteiger partial charge in [0.2, 0.25) is 0 Å². The third-order valence-electron chi connectivity index (χ3n) is 4.60. The zero-order valence-electron chi connectivity index (χ0n) is 17.1. The molecule has 34 heavy (non-hydrogen) atoms. The summed E-state index contributed by atoms with van der Waals surface area (Å²) in [4.78, 5) is 2.85. The quantitative estimate of drug-likeness (QED) is 0.337. The van der Waals surface area contributed by atoms with Crippen molar-refractivity contribution in [3.8, 4) is 11.5 Å². The van der Waals surface area contributed by atoms with E-state index in [4.69, 9.17) is 4.74 Å². The largest absolute Gasteiger partial charge is 0.487 e. The number of aliphatic hydroxyl groups is 1. The molecular weight excluding hydrogens is 506 g/mol. The van der Waals surface area contributed by atoms with Crippen molar-refractivity contribution in [3.05, 3.63) is 39.8 Å². The fourth-order valence-corrected chi connectivity index (χ4v) is 3.98. The zero-order chi connectivity index (χ0) is 25.3. The Kier molecular flexibility index (Phi) is 7.60. The van der Waals surface area contributed by atoms with Crippen LogP contribution in [0, 0.1) is 0 Å². The summed E-state index contributed by atoms with van der Waals surface area (Å²) >= 11 is -0.0798. The van der Waals surface area contributed by atoms with Crippen molar-refractivity contribution in [1.82, 2.24) is 4.98 Å². The molecule has 3 rings (SSSR count). The molecule has 1 heterocycles. The van der Waals surface area contributed by atoms with E-state index in [2.05, 4.69) is 19.2 Å². The van der Waals surface area contributed by atoms with E-state index in [1.807, 2.05) is 0 Å². The summed E-state index contributed by atoms with van der Waals surface area (Å²) in [5.41, 5.74) is -4.86. The third-order valence-corrected chi connectivity index (χ3v) is 5.75. The lowest BCUT2D eigenvalue weighted by molar-refractivity contribution is -0.400. The van der Waals surface area contributed by atoms with Gasteiger partial charge in [-0.25, -0.2) is 4.98 Å². The van der Waals surface area contributed by atoms with E-state index in [1.165, 1.54) is 0 Å². The van der Waals surface area contributed by atoms with Gasteiger partial charge in [-0.1, -0.05) is 6.07 Å². The fraction of sp³-hybridized carbons (Fsp3) is 0.526. The van der Waals surface area contributed by atoms with Gasteiger partial charge >= 0.3 is 24.6 Å². The maximum absolute atomic E-state index is 13.7. The molecule has 1 aromatic heterocycles. The van der Waals surface area contributed by atoms with Gasteiger partial charge in [-0.15, -0.1) is 11.3 Å². The van der Waals surface area contributed by atoms with Crippen LogP contribution in [0.5, 0.6) is 11.5 Å². The number of rotatable bonds is 10. The van der Waals surface area contributed by atoms with Gasteiger partial charge < -0.3 is 24.1 Å². The number of ether oxygens (including phenoxy) is 4. The molecule has 0 spiro atoms. The lowest BCUT2D eigenvalue weighted by Crippen LogP contribution is -2.56. The molecule has 1 fully saturated rings. The Morgan fingerprint density at radius 3 is 2.26 bits per heavy atom. The summed E-state index contributed by atoms with van der Waals surface area (Å²) in [5, 5.41) is 9.07. The number of nitrogens with zero attached hydrogens (tertiary/aromatic N) is 1. The van der Waals surface area contributed by atoms with E-state index >= 15 is 0 Å². The van der Waals surface area contributed by atoms with Crippen LogP contribution in [0.3, 0.4) is 0 Å². The van der Waals surface area contributed by atoms with Crippen molar-refractivity contribution in [2.75, 3.05) is 13.9 Å². The van der Waals surface area contributed by atoms with Crippen molar-refractivity contribution in [2.45, 2.75) is 49.6 Å². The number of aliphatic hydroxyl groups excluding tert-OH is 1. The minimum atomic E-state index is -5.97. The van der Waals surface area contributed by atoms with Crippen molar-refractivity contribution in [3.63, 3.8) is 0 Å². The second-order valence-electron chi connectivity index (χ2n) is 7.10. The van der Waals surface area contributed by atoms with Gasteiger partial charge in [0.05, 0.1) is 11.0 Å². The molecule has 1 saturated carbocycles. The Morgan fingerprint density at radius 1 is 1.09 bits per heavy atom. The average molecular weight is 523 g/mol. The summed E-state index contributed by atoms with van der Waals surface area (Å²) < 4.78 is 125. The van der Waals surface area contributed by atoms with Gasteiger partial charge in [0.25, 0.3) is 0 Å².